The number of amides is 3. The number of methoxy groups -OCH3 is 4. The fourth-order valence-electron chi connectivity index (χ4n) is 8.95. The summed E-state index contributed by atoms with van der Waals surface area (Å²) in [5.41, 5.74) is 3.91. The van der Waals surface area contributed by atoms with E-state index in [0.29, 0.717) is 134 Å². The average molecular weight is 1010 g/mol. The van der Waals surface area contributed by atoms with Gasteiger partial charge in [0.15, 0.2) is 23.0 Å². The van der Waals surface area contributed by atoms with Crippen molar-refractivity contribution in [2.75, 3.05) is 107 Å². The molecule has 2 fully saturated rings. The number of nitrogens with zero attached hydrogens (tertiary/aromatic N) is 6. The lowest BCUT2D eigenvalue weighted by Crippen LogP contribution is -2.36. The zero-order valence-electron chi connectivity index (χ0n) is 42.8. The molecule has 0 radical (unpaired) electrons. The molecule has 0 aliphatic carbocycles. The monoisotopic (exact) mass is 1010 g/mol. The van der Waals surface area contributed by atoms with Crippen LogP contribution in [0.4, 0.5) is 11.4 Å². The van der Waals surface area contributed by atoms with E-state index in [1.54, 1.807) is 54.6 Å². The van der Waals surface area contributed by atoms with Crippen molar-refractivity contribution in [1.29, 1.82) is 0 Å². The minimum absolute atomic E-state index is 0.0415. The van der Waals surface area contributed by atoms with Crippen LogP contribution in [0.3, 0.4) is 0 Å². The van der Waals surface area contributed by atoms with Gasteiger partial charge in [0.1, 0.15) is 25.6 Å². The molecule has 0 bridgehead atoms. The Morgan fingerprint density at radius 2 is 1.27 bits per heavy atom. The first-order valence-electron chi connectivity index (χ1n) is 24.8. The number of hydrogen-bond donors (Lipinski definition) is 0. The fraction of sp³-hybridized carbons (Fsp3) is 0.528. The molecule has 394 valence electrons. The number of aromatic nitrogens is 1. The van der Waals surface area contributed by atoms with Gasteiger partial charge in [-0.05, 0) is 44.2 Å². The quantitative estimate of drug-likeness (QED) is 0.0468. The number of esters is 1. The van der Waals surface area contributed by atoms with Crippen molar-refractivity contribution >= 4 is 47.5 Å². The van der Waals surface area contributed by atoms with E-state index in [0.717, 1.165) is 12.8 Å². The third-order valence-corrected chi connectivity index (χ3v) is 12.8. The zero-order valence-corrected chi connectivity index (χ0v) is 42.8. The van der Waals surface area contributed by atoms with Crippen LogP contribution in [0.1, 0.15) is 78.1 Å². The average Bonchev–Trinajstić information content (AvgIpc) is 3.94. The number of hydrogen-bond acceptors (Lipinski definition) is 17. The Bertz CT molecular complexity index is 2500. The summed E-state index contributed by atoms with van der Waals surface area (Å²) >= 11 is 0. The van der Waals surface area contributed by atoms with Crippen LogP contribution >= 0.6 is 0 Å². The van der Waals surface area contributed by atoms with Gasteiger partial charge in [-0.1, -0.05) is 18.6 Å². The molecule has 4 aliphatic rings. The van der Waals surface area contributed by atoms with Crippen LogP contribution in [-0.2, 0) is 46.5 Å². The predicted octanol–water partition coefficient (Wildman–Crippen LogP) is 5.95. The van der Waals surface area contributed by atoms with Gasteiger partial charge in [-0.25, -0.2) is 0 Å². The molecule has 0 spiro atoms. The van der Waals surface area contributed by atoms with E-state index >= 15 is 0 Å². The van der Waals surface area contributed by atoms with Crippen LogP contribution in [0.5, 0.6) is 28.7 Å². The molecule has 3 aromatic rings. The molecule has 0 N–H and O–H groups in total. The van der Waals surface area contributed by atoms with Crippen LogP contribution in [0, 0.1) is 5.92 Å². The highest BCUT2D eigenvalue weighted by Gasteiger charge is 2.37. The second-order valence-electron chi connectivity index (χ2n) is 18.0. The van der Waals surface area contributed by atoms with E-state index in [-0.39, 0.29) is 81.6 Å². The molecule has 2 saturated heterocycles. The Hall–Kier alpha value is -6.61. The molecule has 73 heavy (non-hydrogen) atoms. The molecular weight excluding hydrogens is 945 g/mol. The van der Waals surface area contributed by atoms with E-state index in [1.807, 2.05) is 29.0 Å². The van der Waals surface area contributed by atoms with E-state index in [2.05, 4.69) is 6.92 Å². The number of benzene rings is 2. The minimum Gasteiger partial charge on any atom is -0.493 e. The standard InChI is InChI=1S/C53H68N6O14/c1-7-36-22-40-30-55-45-28-49(47(66-5)26-43(45)53(63)59(40)32-36)73-34-38-24-41(71-14-12-57(11-8-9-51(61)67-6)50(60)10-13-68-17-18-70-20-19-69-16-15-64-3)23-37(56-38)33-72-48-27-44-42(25-46(48)65-4)52(62)58-31-35(2)21-39(58)29-54-44/h7,23-30,35,39-40H,8-22,31-34H2,1-6H3/b36-7+/t35?,39?,40-/m0/s1. The molecule has 7 rings (SSSR count). The highest BCUT2D eigenvalue weighted by molar-refractivity contribution is 6.04. The van der Waals surface area contributed by atoms with Crippen LogP contribution in [0.15, 0.2) is 58.0 Å². The van der Waals surface area contributed by atoms with Gasteiger partial charge in [-0.15, -0.1) is 0 Å². The number of carbonyl (C=O) groups excluding carboxylic acids is 4. The lowest BCUT2D eigenvalue weighted by molar-refractivity contribution is -0.141. The summed E-state index contributed by atoms with van der Waals surface area (Å²) in [6, 6.07) is 9.96. The molecule has 3 amide bonds. The number of allylic oxidation sites excluding steroid dienone is 1. The molecule has 4 aliphatic heterocycles. The number of carbonyl (C=O) groups is 4. The largest absolute Gasteiger partial charge is 0.493 e. The van der Waals surface area contributed by atoms with E-state index in [4.69, 9.17) is 62.3 Å². The number of aliphatic imine (C=N–C) groups is 2. The van der Waals surface area contributed by atoms with Crippen molar-refractivity contribution in [3.05, 3.63) is 70.6 Å². The lowest BCUT2D eigenvalue weighted by atomic mass is 10.1. The second-order valence-corrected chi connectivity index (χ2v) is 18.0. The maximum Gasteiger partial charge on any atom is 0.305 e. The Morgan fingerprint density at radius 3 is 1.86 bits per heavy atom. The molecule has 20 nitrogen and oxygen atoms in total. The summed E-state index contributed by atoms with van der Waals surface area (Å²) in [4.78, 5) is 72.5. The van der Waals surface area contributed by atoms with Gasteiger partial charge in [-0.3, -0.25) is 34.1 Å². The van der Waals surface area contributed by atoms with Crippen molar-refractivity contribution in [3.8, 4) is 28.7 Å². The first kappa shape index (κ1) is 54.2. The van der Waals surface area contributed by atoms with Gasteiger partial charge in [-0.2, -0.15) is 0 Å². The summed E-state index contributed by atoms with van der Waals surface area (Å²) < 4.78 is 56.9. The van der Waals surface area contributed by atoms with Crippen molar-refractivity contribution < 1.29 is 66.5 Å². The number of fused-ring (bicyclic) bond motifs is 4. The van der Waals surface area contributed by atoms with Gasteiger partial charge in [0.25, 0.3) is 11.8 Å². The molecule has 2 aromatic carbocycles. The topological polar surface area (TPSA) is 208 Å². The van der Waals surface area contributed by atoms with Crippen molar-refractivity contribution in [1.82, 2.24) is 19.7 Å². The molecular formula is C53H68N6O14. The highest BCUT2D eigenvalue weighted by Crippen LogP contribution is 2.41. The normalized spacial score (nSPS) is 18.2. The second kappa shape index (κ2) is 26.9. The van der Waals surface area contributed by atoms with E-state index in [9.17, 15) is 19.2 Å². The SMILES string of the molecule is C/C=C1\C[C@H]2C=Nc3cc(OCc4cc(OCCN(CCCC(=O)OC)C(=O)CCOCCOCCOCCOC)cc(COc5cc6c(cc5OC)C(=O)N5CC(C)CC5C=N6)n4)c(OC)cc3C(=O)N2C1. The summed E-state index contributed by atoms with van der Waals surface area (Å²) in [6.45, 7) is 8.51. The Balaban J connectivity index is 1.06. The molecule has 1 aromatic heterocycles. The zero-order chi connectivity index (χ0) is 51.7. The summed E-state index contributed by atoms with van der Waals surface area (Å²) in [5.74, 6) is 1.44. The highest BCUT2D eigenvalue weighted by atomic mass is 16.6. The third-order valence-electron chi connectivity index (χ3n) is 12.8. The molecule has 20 heteroatoms. The van der Waals surface area contributed by atoms with E-state index < -0.39 is 0 Å². The summed E-state index contributed by atoms with van der Waals surface area (Å²) in [7, 11) is 5.97. The minimum atomic E-state index is -0.370. The van der Waals surface area contributed by atoms with Gasteiger partial charge in [0.05, 0.1) is 127 Å². The Labute approximate surface area is 426 Å². The Morgan fingerprint density at radius 1 is 0.685 bits per heavy atom. The third kappa shape index (κ3) is 14.5. The maximum atomic E-state index is 13.8. The number of ether oxygens (including phenoxy) is 10. The van der Waals surface area contributed by atoms with Crippen molar-refractivity contribution in [2.24, 2.45) is 15.9 Å². The van der Waals surface area contributed by atoms with E-state index in [1.165, 1.54) is 26.9 Å². The van der Waals surface area contributed by atoms with Crippen LogP contribution < -0.4 is 23.7 Å². The number of rotatable bonds is 28. The maximum absolute atomic E-state index is 13.8. The van der Waals surface area contributed by atoms with Crippen molar-refractivity contribution in [2.45, 2.75) is 71.2 Å². The van der Waals surface area contributed by atoms with Crippen LogP contribution in [0.25, 0.3) is 0 Å². The van der Waals surface area contributed by atoms with Gasteiger partial charge in [0, 0.05) is 69.9 Å². The fourth-order valence-corrected chi connectivity index (χ4v) is 8.95. The van der Waals surface area contributed by atoms with Crippen LogP contribution in [0.2, 0.25) is 0 Å². The Kier molecular flexibility index (Phi) is 20.0. The van der Waals surface area contributed by atoms with Gasteiger partial charge >= 0.3 is 5.97 Å². The number of pyridine rings is 1. The molecule has 3 atom stereocenters. The predicted molar refractivity (Wildman–Crippen MR) is 269 cm³/mol. The molecule has 5 heterocycles. The molecule has 0 saturated carbocycles. The summed E-state index contributed by atoms with van der Waals surface area (Å²) in [5, 5.41) is 0. The first-order chi connectivity index (χ1) is 35.5. The first-order valence-corrected chi connectivity index (χ1v) is 24.8. The molecule has 2 unspecified atom stereocenters. The van der Waals surface area contributed by atoms with Gasteiger partial charge < -0.3 is 62.1 Å². The summed E-state index contributed by atoms with van der Waals surface area (Å²) in [6.07, 6.45) is 7.89. The smallest absolute Gasteiger partial charge is 0.305 e. The van der Waals surface area contributed by atoms with Crippen molar-refractivity contribution in [3.63, 3.8) is 0 Å². The van der Waals surface area contributed by atoms with Crippen LogP contribution in [-0.4, -0.2) is 175 Å². The van der Waals surface area contributed by atoms with Gasteiger partial charge in [0.2, 0.25) is 5.91 Å². The lowest BCUT2D eigenvalue weighted by Gasteiger charge is -2.23.